The maximum absolute atomic E-state index is 13.5. The fourth-order valence-electron chi connectivity index (χ4n) is 4.99. The zero-order valence-electron chi connectivity index (χ0n) is 20.5. The van der Waals surface area contributed by atoms with Crippen LogP contribution in [0.5, 0.6) is 0 Å². The van der Waals surface area contributed by atoms with Crippen molar-refractivity contribution in [3.05, 3.63) is 72.0 Å². The molecule has 2 aliphatic rings. The van der Waals surface area contributed by atoms with E-state index in [-0.39, 0.29) is 11.9 Å². The number of halogens is 2. The van der Waals surface area contributed by atoms with Crippen LogP contribution in [0.25, 0.3) is 5.52 Å². The third-order valence-electron chi connectivity index (χ3n) is 7.09. The van der Waals surface area contributed by atoms with Crippen LogP contribution in [-0.2, 0) is 4.79 Å². The summed E-state index contributed by atoms with van der Waals surface area (Å²) < 4.78 is 16.9. The maximum Gasteiger partial charge on any atom is 0.247 e. The molecule has 1 unspecified atom stereocenters. The van der Waals surface area contributed by atoms with Gasteiger partial charge in [-0.2, -0.15) is 14.5 Å². The van der Waals surface area contributed by atoms with Crippen LogP contribution in [0.4, 0.5) is 27.7 Å². The number of hydrogen-bond acceptors (Lipinski definition) is 8. The quantitative estimate of drug-likeness (QED) is 0.261. The Balaban J connectivity index is 1.23. The number of carbonyl (C=O) groups excluding carboxylic acids is 1. The van der Waals surface area contributed by atoms with Crippen molar-refractivity contribution < 1.29 is 9.18 Å². The number of nitrogens with one attached hydrogen (secondary N) is 3. The van der Waals surface area contributed by atoms with Crippen molar-refractivity contribution in [2.75, 3.05) is 22.1 Å². The fraction of sp³-hybridized carbons (Fsp3) is 0.280. The van der Waals surface area contributed by atoms with E-state index < -0.39 is 12.0 Å². The molecule has 14 heteroatoms. The molecular formula is C25H23ClFN11O. The first-order valence-electron chi connectivity index (χ1n) is 12.6. The molecule has 5 aromatic heterocycles. The van der Waals surface area contributed by atoms with Gasteiger partial charge in [0.1, 0.15) is 11.6 Å². The maximum atomic E-state index is 13.5. The van der Waals surface area contributed by atoms with Gasteiger partial charge >= 0.3 is 0 Å². The number of carbonyl (C=O) groups is 1. The Hall–Kier alpha value is -4.52. The number of aromatic nitrogens is 8. The predicted octanol–water partition coefficient (Wildman–Crippen LogP) is 3.92. The third-order valence-corrected chi connectivity index (χ3v) is 7.38. The Morgan fingerprint density at radius 2 is 2.08 bits per heavy atom. The lowest BCUT2D eigenvalue weighted by Gasteiger charge is -2.24. The molecule has 0 aromatic carbocycles. The number of imidazole rings is 1. The average Bonchev–Trinajstić information content (AvgIpc) is 3.32. The number of H-pyrrole nitrogens is 1. The number of rotatable bonds is 7. The second-order valence-electron chi connectivity index (χ2n) is 9.73. The monoisotopic (exact) mass is 547 g/mol. The van der Waals surface area contributed by atoms with Gasteiger partial charge in [0.2, 0.25) is 23.1 Å². The topological polar surface area (TPSA) is 134 Å². The van der Waals surface area contributed by atoms with Gasteiger partial charge in [0.15, 0.2) is 11.6 Å². The van der Waals surface area contributed by atoms with E-state index >= 15 is 0 Å². The molecule has 1 saturated heterocycles. The SMILES string of the molecule is O=C(Nc1ccc(F)nc1)[C@@H]1CC(n2ccnc2Cl)CN1c1nc(Nc2cc(C3CC3)[nH]n2)c2cccn2n1. The van der Waals surface area contributed by atoms with Crippen LogP contribution in [0.3, 0.4) is 0 Å². The molecular weight excluding hydrogens is 525 g/mol. The first kappa shape index (κ1) is 23.6. The van der Waals surface area contributed by atoms with Gasteiger partial charge in [0.25, 0.3) is 0 Å². The lowest BCUT2D eigenvalue weighted by molar-refractivity contribution is -0.117. The van der Waals surface area contributed by atoms with Crippen molar-refractivity contribution >= 4 is 46.3 Å². The first-order chi connectivity index (χ1) is 19.0. The lowest BCUT2D eigenvalue weighted by Crippen LogP contribution is -2.41. The van der Waals surface area contributed by atoms with Gasteiger partial charge < -0.3 is 20.1 Å². The van der Waals surface area contributed by atoms with Crippen LogP contribution in [-0.4, -0.2) is 57.8 Å². The molecule has 39 heavy (non-hydrogen) atoms. The summed E-state index contributed by atoms with van der Waals surface area (Å²) in [6, 6.07) is 7.64. The number of pyridine rings is 1. The number of amides is 1. The zero-order valence-corrected chi connectivity index (χ0v) is 21.3. The Morgan fingerprint density at radius 1 is 1.18 bits per heavy atom. The van der Waals surface area contributed by atoms with E-state index in [1.807, 2.05) is 33.9 Å². The van der Waals surface area contributed by atoms with Crippen LogP contribution >= 0.6 is 11.6 Å². The minimum Gasteiger partial charge on any atom is -0.325 e. The molecule has 198 valence electrons. The van der Waals surface area contributed by atoms with Crippen molar-refractivity contribution in [2.24, 2.45) is 0 Å². The largest absolute Gasteiger partial charge is 0.325 e. The Bertz CT molecular complexity index is 1660. The van der Waals surface area contributed by atoms with Crippen molar-refractivity contribution in [3.8, 4) is 0 Å². The summed E-state index contributed by atoms with van der Waals surface area (Å²) in [7, 11) is 0. The highest BCUT2D eigenvalue weighted by Crippen LogP contribution is 2.40. The van der Waals surface area contributed by atoms with E-state index in [2.05, 4.69) is 30.8 Å². The second kappa shape index (κ2) is 9.34. The van der Waals surface area contributed by atoms with Crippen molar-refractivity contribution in [1.82, 2.24) is 39.3 Å². The highest BCUT2D eigenvalue weighted by atomic mass is 35.5. The smallest absolute Gasteiger partial charge is 0.247 e. The number of fused-ring (bicyclic) bond motifs is 1. The number of aromatic amines is 1. The standard InChI is InChI=1S/C25H23ClFN11O/c26-24-28-7-9-36(24)16-10-19(23(39)30-15-5-6-20(27)29-12-15)37(13-16)25-32-22(18-2-1-8-38(18)35-25)31-21-11-17(33-34-21)14-3-4-14/h1-2,5-9,11-12,14,16,19H,3-4,10,13H2,(H,30,39)(H2,31,32,33,34,35)/t16?,19-/m0/s1. The molecule has 2 fully saturated rings. The summed E-state index contributed by atoms with van der Waals surface area (Å²) in [5.41, 5.74) is 2.26. The lowest BCUT2D eigenvalue weighted by atomic mass is 10.1. The van der Waals surface area contributed by atoms with Crippen molar-refractivity contribution in [3.63, 3.8) is 0 Å². The Labute approximate surface area is 226 Å². The average molecular weight is 548 g/mol. The number of anilines is 4. The van der Waals surface area contributed by atoms with Gasteiger partial charge in [-0.1, -0.05) is 0 Å². The molecule has 1 aliphatic carbocycles. The molecule has 1 saturated carbocycles. The van der Waals surface area contributed by atoms with Crippen LogP contribution < -0.4 is 15.5 Å². The molecule has 0 radical (unpaired) electrons. The normalized spacial score (nSPS) is 19.1. The molecule has 2 atom stereocenters. The van der Waals surface area contributed by atoms with E-state index in [0.717, 1.165) is 24.1 Å². The van der Waals surface area contributed by atoms with Gasteiger partial charge in [-0.05, 0) is 55.1 Å². The molecule has 0 bridgehead atoms. The van der Waals surface area contributed by atoms with Crippen molar-refractivity contribution in [1.29, 1.82) is 0 Å². The minimum atomic E-state index is -0.647. The van der Waals surface area contributed by atoms with Gasteiger partial charge in [0.05, 0.1) is 17.9 Å². The Morgan fingerprint density at radius 3 is 2.85 bits per heavy atom. The molecule has 12 nitrogen and oxygen atoms in total. The summed E-state index contributed by atoms with van der Waals surface area (Å²) >= 11 is 6.33. The van der Waals surface area contributed by atoms with Crippen LogP contribution in [0, 0.1) is 5.95 Å². The molecule has 5 aromatic rings. The zero-order chi connectivity index (χ0) is 26.5. The summed E-state index contributed by atoms with van der Waals surface area (Å²) in [5.74, 6) is 1.19. The summed E-state index contributed by atoms with van der Waals surface area (Å²) in [6.07, 6.45) is 9.26. The van der Waals surface area contributed by atoms with Gasteiger partial charge in [0, 0.05) is 42.8 Å². The summed E-state index contributed by atoms with van der Waals surface area (Å²) in [6.45, 7) is 0.413. The summed E-state index contributed by atoms with van der Waals surface area (Å²) in [4.78, 5) is 28.0. The molecule has 7 rings (SSSR count). The number of hydrogen-bond donors (Lipinski definition) is 3. The third kappa shape index (κ3) is 4.54. The van der Waals surface area contributed by atoms with Crippen LogP contribution in [0.1, 0.15) is 36.9 Å². The van der Waals surface area contributed by atoms with Gasteiger partial charge in [-0.25, -0.2) is 14.5 Å². The molecule has 3 N–H and O–H groups in total. The van der Waals surface area contributed by atoms with E-state index in [9.17, 15) is 9.18 Å². The highest BCUT2D eigenvalue weighted by molar-refractivity contribution is 6.28. The number of nitrogens with zero attached hydrogens (tertiary/aromatic N) is 8. The van der Waals surface area contributed by atoms with Crippen LogP contribution in [0.15, 0.2) is 55.1 Å². The molecule has 1 amide bonds. The van der Waals surface area contributed by atoms with E-state index in [0.29, 0.717) is 47.4 Å². The molecule has 6 heterocycles. The van der Waals surface area contributed by atoms with E-state index in [4.69, 9.17) is 21.7 Å². The minimum absolute atomic E-state index is 0.157. The van der Waals surface area contributed by atoms with Crippen molar-refractivity contribution in [2.45, 2.75) is 37.3 Å². The van der Waals surface area contributed by atoms with Gasteiger partial charge in [-0.3, -0.25) is 9.89 Å². The molecule has 1 aliphatic heterocycles. The second-order valence-corrected chi connectivity index (χ2v) is 10.1. The molecule has 0 spiro atoms. The Kier molecular flexibility index (Phi) is 5.65. The first-order valence-corrected chi connectivity index (χ1v) is 12.9. The van der Waals surface area contributed by atoms with Crippen LogP contribution in [0.2, 0.25) is 5.28 Å². The fourth-order valence-corrected chi connectivity index (χ4v) is 5.24. The summed E-state index contributed by atoms with van der Waals surface area (Å²) in [5, 5.41) is 18.7. The highest BCUT2D eigenvalue weighted by Gasteiger charge is 2.40. The van der Waals surface area contributed by atoms with E-state index in [1.54, 1.807) is 16.9 Å². The van der Waals surface area contributed by atoms with Gasteiger partial charge in [-0.15, -0.1) is 5.10 Å². The predicted molar refractivity (Wildman–Crippen MR) is 142 cm³/mol. The van der Waals surface area contributed by atoms with E-state index in [1.165, 1.54) is 18.3 Å².